The topological polar surface area (TPSA) is 157 Å². The van der Waals surface area contributed by atoms with Gasteiger partial charge in [0.25, 0.3) is 5.91 Å². The second-order valence-electron chi connectivity index (χ2n) is 6.97. The third kappa shape index (κ3) is 5.19. The lowest BCUT2D eigenvalue weighted by molar-refractivity contribution is 0.102. The number of nitrogens with zero attached hydrogens (tertiary/aromatic N) is 1. The van der Waals surface area contributed by atoms with Crippen LogP contribution in [0, 0.1) is 11.6 Å². The SMILES string of the molecule is Nc1nc(Nc2ccc(S(N)(=O)=O)cc2)sc1C(=O)c1c(F)ccc(NC(=O)c2cccs2)c1F. The van der Waals surface area contributed by atoms with Crippen molar-refractivity contribution in [2.75, 3.05) is 16.4 Å². The van der Waals surface area contributed by atoms with Gasteiger partial charge in [0.1, 0.15) is 16.5 Å². The Morgan fingerprint density at radius 2 is 1.74 bits per heavy atom. The maximum Gasteiger partial charge on any atom is 0.265 e. The molecule has 0 radical (unpaired) electrons. The highest BCUT2D eigenvalue weighted by molar-refractivity contribution is 7.89. The molecule has 0 bridgehead atoms. The van der Waals surface area contributed by atoms with Crippen LogP contribution in [0.3, 0.4) is 0 Å². The number of sulfonamides is 1. The number of benzene rings is 2. The van der Waals surface area contributed by atoms with Crippen molar-refractivity contribution in [3.8, 4) is 0 Å². The summed E-state index contributed by atoms with van der Waals surface area (Å²) in [5.41, 5.74) is 4.96. The molecule has 0 spiro atoms. The summed E-state index contributed by atoms with van der Waals surface area (Å²) in [5.74, 6) is -4.32. The molecule has 4 rings (SSSR count). The number of hydrogen-bond acceptors (Lipinski definition) is 9. The first kappa shape index (κ1) is 24.4. The van der Waals surface area contributed by atoms with Crippen molar-refractivity contribution in [2.45, 2.75) is 4.90 Å². The Morgan fingerprint density at radius 1 is 1.03 bits per heavy atom. The number of ketones is 1. The van der Waals surface area contributed by atoms with Gasteiger partial charge in [-0.1, -0.05) is 17.4 Å². The summed E-state index contributed by atoms with van der Waals surface area (Å²) in [6.07, 6.45) is 0. The van der Waals surface area contributed by atoms with E-state index in [1.165, 1.54) is 30.3 Å². The number of rotatable bonds is 7. The monoisotopic (exact) mass is 535 g/mol. The summed E-state index contributed by atoms with van der Waals surface area (Å²) >= 11 is 1.88. The van der Waals surface area contributed by atoms with Gasteiger partial charge in [0.2, 0.25) is 15.8 Å². The van der Waals surface area contributed by atoms with Crippen molar-refractivity contribution in [1.29, 1.82) is 0 Å². The van der Waals surface area contributed by atoms with Crippen molar-refractivity contribution < 1.29 is 26.8 Å². The van der Waals surface area contributed by atoms with E-state index in [1.807, 2.05) is 0 Å². The Bertz CT molecular complexity index is 1540. The van der Waals surface area contributed by atoms with E-state index in [9.17, 15) is 22.4 Å². The van der Waals surface area contributed by atoms with Crippen molar-refractivity contribution in [1.82, 2.24) is 4.98 Å². The van der Waals surface area contributed by atoms with Crippen LogP contribution in [0.15, 0.2) is 58.8 Å². The van der Waals surface area contributed by atoms with Gasteiger partial charge in [0.15, 0.2) is 10.9 Å². The second-order valence-corrected chi connectivity index (χ2v) is 10.5. The molecule has 35 heavy (non-hydrogen) atoms. The lowest BCUT2D eigenvalue weighted by Gasteiger charge is -2.09. The van der Waals surface area contributed by atoms with E-state index in [0.717, 1.165) is 34.8 Å². The number of amides is 1. The Labute approximate surface area is 205 Å². The van der Waals surface area contributed by atoms with Crippen LogP contribution >= 0.6 is 22.7 Å². The lowest BCUT2D eigenvalue weighted by atomic mass is 10.1. The minimum absolute atomic E-state index is 0.102. The molecule has 1 amide bonds. The first-order chi connectivity index (χ1) is 16.5. The van der Waals surface area contributed by atoms with Gasteiger partial charge in [-0.3, -0.25) is 9.59 Å². The fraction of sp³-hybridized carbons (Fsp3) is 0. The largest absolute Gasteiger partial charge is 0.382 e. The first-order valence-corrected chi connectivity index (χ1v) is 12.8. The predicted molar refractivity (Wildman–Crippen MR) is 130 cm³/mol. The van der Waals surface area contributed by atoms with Crippen LogP contribution in [0.5, 0.6) is 0 Å². The highest BCUT2D eigenvalue weighted by Gasteiger charge is 2.27. The maximum atomic E-state index is 15.1. The molecule has 0 saturated heterocycles. The molecule has 6 N–H and O–H groups in total. The van der Waals surface area contributed by atoms with Crippen LogP contribution < -0.4 is 21.5 Å². The minimum atomic E-state index is -3.87. The van der Waals surface area contributed by atoms with E-state index in [-0.39, 0.29) is 26.4 Å². The normalized spacial score (nSPS) is 11.3. The quantitative estimate of drug-likeness (QED) is 0.261. The van der Waals surface area contributed by atoms with Crippen LogP contribution in [-0.2, 0) is 10.0 Å². The summed E-state index contributed by atoms with van der Waals surface area (Å²) in [6.45, 7) is 0. The fourth-order valence-electron chi connectivity index (χ4n) is 2.96. The molecule has 9 nitrogen and oxygen atoms in total. The number of carbonyl (C=O) groups excluding carboxylic acids is 2. The van der Waals surface area contributed by atoms with Crippen molar-refractivity contribution >= 4 is 66.7 Å². The second kappa shape index (κ2) is 9.50. The molecule has 4 aromatic rings. The van der Waals surface area contributed by atoms with Gasteiger partial charge in [0, 0.05) is 5.69 Å². The van der Waals surface area contributed by atoms with Crippen LogP contribution in [0.2, 0.25) is 0 Å². The standard InChI is InChI=1S/C21H15F2N5O4S3/c22-12-7-8-13(27-20(30)14-2-1-9-33-14)16(23)15(12)17(29)18-19(24)28-21(34-18)26-10-3-5-11(6-4-10)35(25,31)32/h1-9H,24H2,(H,26,28)(H,27,30)(H2,25,31,32). The summed E-state index contributed by atoms with van der Waals surface area (Å²) in [4.78, 5) is 29.2. The molecular weight excluding hydrogens is 520 g/mol. The number of hydrogen-bond donors (Lipinski definition) is 4. The van der Waals surface area contributed by atoms with Gasteiger partial charge in [-0.05, 0) is 47.8 Å². The van der Waals surface area contributed by atoms with Gasteiger partial charge >= 0.3 is 0 Å². The van der Waals surface area contributed by atoms with Gasteiger partial charge in [-0.15, -0.1) is 11.3 Å². The van der Waals surface area contributed by atoms with Crippen LogP contribution in [0.25, 0.3) is 0 Å². The van der Waals surface area contributed by atoms with E-state index in [1.54, 1.807) is 11.4 Å². The Balaban J connectivity index is 1.59. The van der Waals surface area contributed by atoms with Gasteiger partial charge in [-0.25, -0.2) is 27.3 Å². The number of primary sulfonamides is 1. The number of nitrogens with one attached hydrogen (secondary N) is 2. The summed E-state index contributed by atoms with van der Waals surface area (Å²) in [5, 5.41) is 12.0. The third-order valence-corrected chi connectivity index (χ3v) is 7.39. The van der Waals surface area contributed by atoms with E-state index >= 15 is 4.39 Å². The molecule has 0 aliphatic heterocycles. The Kier molecular flexibility index (Phi) is 6.62. The molecule has 0 fully saturated rings. The number of thiophene rings is 1. The van der Waals surface area contributed by atoms with Crippen LogP contribution in [0.4, 0.5) is 31.1 Å². The molecular formula is C21H15F2N5O4S3. The highest BCUT2D eigenvalue weighted by Crippen LogP contribution is 2.32. The van der Waals surface area contributed by atoms with Crippen molar-refractivity contribution in [3.05, 3.63) is 80.9 Å². The Morgan fingerprint density at radius 3 is 2.37 bits per heavy atom. The number of thiazole rings is 1. The average Bonchev–Trinajstić information content (AvgIpc) is 3.45. The molecule has 2 heterocycles. The zero-order valence-corrected chi connectivity index (χ0v) is 19.9. The smallest absolute Gasteiger partial charge is 0.265 e. The number of nitrogen functional groups attached to an aromatic ring is 1. The lowest BCUT2D eigenvalue weighted by Crippen LogP contribution is -2.15. The first-order valence-electron chi connectivity index (χ1n) is 9.58. The average molecular weight is 536 g/mol. The number of aromatic nitrogens is 1. The fourth-order valence-corrected chi connectivity index (χ4v) is 4.95. The van der Waals surface area contributed by atoms with Crippen molar-refractivity contribution in [3.63, 3.8) is 0 Å². The molecule has 2 aromatic heterocycles. The molecule has 0 saturated carbocycles. The van der Waals surface area contributed by atoms with E-state index < -0.39 is 38.9 Å². The zero-order valence-electron chi connectivity index (χ0n) is 17.4. The summed E-state index contributed by atoms with van der Waals surface area (Å²) in [7, 11) is -3.87. The molecule has 14 heteroatoms. The van der Waals surface area contributed by atoms with Gasteiger partial charge in [0.05, 0.1) is 21.0 Å². The predicted octanol–water partition coefficient (Wildman–Crippen LogP) is 3.94. The van der Waals surface area contributed by atoms with Crippen LogP contribution in [-0.4, -0.2) is 25.1 Å². The number of nitrogens with two attached hydrogens (primary N) is 2. The third-order valence-electron chi connectivity index (χ3n) is 4.61. The molecule has 180 valence electrons. The molecule has 0 unspecified atom stereocenters. The van der Waals surface area contributed by atoms with Gasteiger partial charge < -0.3 is 16.4 Å². The highest BCUT2D eigenvalue weighted by atomic mass is 32.2. The van der Waals surface area contributed by atoms with Crippen LogP contribution in [0.1, 0.15) is 24.9 Å². The number of halogens is 2. The zero-order chi connectivity index (χ0) is 25.3. The van der Waals surface area contributed by atoms with E-state index in [2.05, 4.69) is 15.6 Å². The molecule has 0 aliphatic rings. The van der Waals surface area contributed by atoms with E-state index in [0.29, 0.717) is 10.6 Å². The molecule has 2 aromatic carbocycles. The Hall–Kier alpha value is -3.72. The maximum absolute atomic E-state index is 15.1. The van der Waals surface area contributed by atoms with Crippen molar-refractivity contribution in [2.24, 2.45) is 5.14 Å². The summed E-state index contributed by atoms with van der Waals surface area (Å²) in [6, 6.07) is 10.4. The molecule has 0 atom stereocenters. The minimum Gasteiger partial charge on any atom is -0.382 e. The van der Waals surface area contributed by atoms with E-state index in [4.69, 9.17) is 10.9 Å². The number of anilines is 4. The van der Waals surface area contributed by atoms with Gasteiger partial charge in [-0.2, -0.15) is 0 Å². The molecule has 0 aliphatic carbocycles. The summed E-state index contributed by atoms with van der Waals surface area (Å²) < 4.78 is 52.3. The number of carbonyl (C=O) groups is 2.